The molecule has 0 bridgehead atoms. The van der Waals surface area contributed by atoms with E-state index in [4.69, 9.17) is 4.74 Å². The van der Waals surface area contributed by atoms with Gasteiger partial charge < -0.3 is 14.5 Å². The highest BCUT2D eigenvalue weighted by atomic mass is 19.1. The maximum Gasteiger partial charge on any atom is 0.341 e. The number of carbonyl (C=O) groups is 1. The van der Waals surface area contributed by atoms with E-state index in [1.807, 2.05) is 4.90 Å². The number of methoxy groups -OCH3 is 1. The highest BCUT2D eigenvalue weighted by Gasteiger charge is 2.34. The molecule has 0 N–H and O–H groups in total. The number of benzene rings is 1. The largest absolute Gasteiger partial charge is 0.479 e. The van der Waals surface area contributed by atoms with Gasteiger partial charge in [0.15, 0.2) is 0 Å². The molecule has 0 spiro atoms. The fourth-order valence-corrected chi connectivity index (χ4v) is 3.52. The molecule has 0 aliphatic carbocycles. The third kappa shape index (κ3) is 3.87. The van der Waals surface area contributed by atoms with Crippen molar-refractivity contribution in [3.63, 3.8) is 0 Å². The number of rotatable bonds is 3. The van der Waals surface area contributed by atoms with E-state index in [0.29, 0.717) is 44.1 Å². The summed E-state index contributed by atoms with van der Waals surface area (Å²) in [6.45, 7) is 1.57. The number of nitrogens with zero attached hydrogens (tertiary/aromatic N) is 6. The first kappa shape index (κ1) is 19.9. The number of amides is 2. The minimum absolute atomic E-state index is 0.143. The zero-order valence-corrected chi connectivity index (χ0v) is 16.1. The fraction of sp³-hybridized carbons (Fsp3) is 0.368. The van der Waals surface area contributed by atoms with Crippen molar-refractivity contribution < 1.29 is 22.7 Å². The van der Waals surface area contributed by atoms with Crippen LogP contribution in [-0.2, 0) is 0 Å². The highest BCUT2D eigenvalue weighted by molar-refractivity contribution is 5.78. The maximum absolute atomic E-state index is 13.6. The predicted molar refractivity (Wildman–Crippen MR) is 102 cm³/mol. The minimum atomic E-state index is -0.701. The monoisotopic (exact) mass is 420 g/mol. The smallest absolute Gasteiger partial charge is 0.341 e. The van der Waals surface area contributed by atoms with E-state index in [2.05, 4.69) is 15.1 Å². The van der Waals surface area contributed by atoms with Gasteiger partial charge in [-0.15, -0.1) is 0 Å². The van der Waals surface area contributed by atoms with E-state index in [1.54, 1.807) is 11.1 Å². The second kappa shape index (κ2) is 8.17. The summed E-state index contributed by atoms with van der Waals surface area (Å²) >= 11 is 0. The number of ether oxygens (including phenoxy) is 1. The summed E-state index contributed by atoms with van der Waals surface area (Å²) in [6, 6.07) is 2.29. The van der Waals surface area contributed by atoms with Crippen molar-refractivity contribution in [3.05, 3.63) is 47.4 Å². The first-order valence-electron chi connectivity index (χ1n) is 9.34. The number of aromatic nitrogens is 2. The molecule has 3 heterocycles. The van der Waals surface area contributed by atoms with Gasteiger partial charge in [-0.1, -0.05) is 0 Å². The molecule has 0 unspecified atom stereocenters. The van der Waals surface area contributed by atoms with Gasteiger partial charge in [-0.3, -0.25) is 0 Å². The normalized spacial score (nSPS) is 18.8. The van der Waals surface area contributed by atoms with Crippen molar-refractivity contribution in [3.8, 4) is 5.88 Å². The van der Waals surface area contributed by atoms with E-state index < -0.39 is 23.5 Å². The summed E-state index contributed by atoms with van der Waals surface area (Å²) in [5.41, 5.74) is 0.351. The zero-order chi connectivity index (χ0) is 21.3. The Morgan fingerprint density at radius 1 is 1.10 bits per heavy atom. The second-order valence-electron chi connectivity index (χ2n) is 6.88. The average molecular weight is 420 g/mol. The molecule has 30 heavy (non-hydrogen) atoms. The molecule has 8 nitrogen and oxygen atoms in total. The number of anilines is 1. The van der Waals surface area contributed by atoms with Gasteiger partial charge in [-0.05, 0) is 17.7 Å². The molecule has 2 aliphatic heterocycles. The Morgan fingerprint density at radius 3 is 2.47 bits per heavy atom. The van der Waals surface area contributed by atoms with E-state index in [-0.39, 0.29) is 11.9 Å². The van der Waals surface area contributed by atoms with Gasteiger partial charge in [0.1, 0.15) is 11.6 Å². The lowest BCUT2D eigenvalue weighted by Gasteiger charge is -2.37. The van der Waals surface area contributed by atoms with E-state index in [0.717, 1.165) is 12.3 Å². The van der Waals surface area contributed by atoms with Crippen molar-refractivity contribution in [2.75, 3.05) is 38.2 Å². The van der Waals surface area contributed by atoms with E-state index >= 15 is 0 Å². The summed E-state index contributed by atoms with van der Waals surface area (Å²) < 4.78 is 45.6. The molecular formula is C19H19F3N6O2. The number of piperazine rings is 1. The summed E-state index contributed by atoms with van der Waals surface area (Å²) in [7, 11) is 1.32. The van der Waals surface area contributed by atoms with Gasteiger partial charge in [-0.25, -0.2) is 23.6 Å². The molecule has 1 atom stereocenters. The molecule has 4 rings (SSSR count). The van der Waals surface area contributed by atoms with Crippen molar-refractivity contribution in [2.45, 2.75) is 12.5 Å². The Kier molecular flexibility index (Phi) is 5.42. The summed E-state index contributed by atoms with van der Waals surface area (Å²) in [6.07, 6.45) is 2.97. The van der Waals surface area contributed by atoms with Gasteiger partial charge in [-0.2, -0.15) is 14.5 Å². The first-order chi connectivity index (χ1) is 14.5. The molecule has 1 saturated heterocycles. The Bertz CT molecular complexity index is 960. The van der Waals surface area contributed by atoms with Gasteiger partial charge in [0, 0.05) is 44.9 Å². The van der Waals surface area contributed by atoms with Crippen LogP contribution in [-0.4, -0.2) is 65.4 Å². The molecule has 1 aromatic carbocycles. The van der Waals surface area contributed by atoms with Crippen molar-refractivity contribution in [1.82, 2.24) is 19.9 Å². The lowest BCUT2D eigenvalue weighted by atomic mass is 10.0. The SMILES string of the molecule is COc1nc(N2CCN(C(=O)N3N=CC[C@H]3c3cc(F)cc(F)c3)CC2)ncc1F. The van der Waals surface area contributed by atoms with Crippen LogP contribution < -0.4 is 9.64 Å². The Hall–Kier alpha value is -3.37. The molecule has 11 heteroatoms. The van der Waals surface area contributed by atoms with Crippen molar-refractivity contribution >= 4 is 18.2 Å². The molecular weight excluding hydrogens is 401 g/mol. The Morgan fingerprint density at radius 2 is 1.80 bits per heavy atom. The van der Waals surface area contributed by atoms with Crippen LogP contribution in [0.2, 0.25) is 0 Å². The average Bonchev–Trinajstić information content (AvgIpc) is 3.23. The van der Waals surface area contributed by atoms with Crippen LogP contribution >= 0.6 is 0 Å². The maximum atomic E-state index is 13.6. The number of hydrogen-bond acceptors (Lipinski definition) is 6. The number of halogens is 3. The lowest BCUT2D eigenvalue weighted by Crippen LogP contribution is -2.52. The van der Waals surface area contributed by atoms with Crippen molar-refractivity contribution in [2.24, 2.45) is 5.10 Å². The summed E-state index contributed by atoms with van der Waals surface area (Å²) in [4.78, 5) is 24.4. The quantitative estimate of drug-likeness (QED) is 0.763. The summed E-state index contributed by atoms with van der Waals surface area (Å²) in [5, 5.41) is 5.36. The van der Waals surface area contributed by atoms with Crippen LogP contribution in [0.4, 0.5) is 23.9 Å². The van der Waals surface area contributed by atoms with E-state index in [9.17, 15) is 18.0 Å². The van der Waals surface area contributed by atoms with Crippen LogP contribution in [0, 0.1) is 17.5 Å². The Labute approximate surface area is 170 Å². The van der Waals surface area contributed by atoms with Crippen LogP contribution in [0.15, 0.2) is 29.5 Å². The van der Waals surface area contributed by atoms with Crippen LogP contribution in [0.25, 0.3) is 0 Å². The number of hydrogen-bond donors (Lipinski definition) is 0. The molecule has 1 fully saturated rings. The van der Waals surface area contributed by atoms with Crippen LogP contribution in [0.3, 0.4) is 0 Å². The number of hydrazone groups is 1. The number of carbonyl (C=O) groups excluding carboxylic acids is 1. The van der Waals surface area contributed by atoms with Crippen LogP contribution in [0.1, 0.15) is 18.0 Å². The van der Waals surface area contributed by atoms with Gasteiger partial charge in [0.2, 0.25) is 11.8 Å². The topological polar surface area (TPSA) is 74.2 Å². The first-order valence-corrected chi connectivity index (χ1v) is 9.34. The molecule has 2 amide bonds. The van der Waals surface area contributed by atoms with Gasteiger partial charge in [0.25, 0.3) is 5.88 Å². The second-order valence-corrected chi connectivity index (χ2v) is 6.88. The third-order valence-electron chi connectivity index (χ3n) is 5.02. The Balaban J connectivity index is 1.43. The number of urea groups is 1. The predicted octanol–water partition coefficient (Wildman–Crippen LogP) is 2.58. The molecule has 2 aromatic rings. The third-order valence-corrected chi connectivity index (χ3v) is 5.02. The van der Waals surface area contributed by atoms with E-state index in [1.165, 1.54) is 24.3 Å². The van der Waals surface area contributed by atoms with Gasteiger partial charge >= 0.3 is 6.03 Å². The van der Waals surface area contributed by atoms with Crippen molar-refractivity contribution in [1.29, 1.82) is 0 Å². The molecule has 1 aromatic heterocycles. The molecule has 158 valence electrons. The standard InChI is InChI=1S/C19H19F3N6O2/c1-30-17-15(22)11-23-18(25-17)26-4-6-27(7-5-26)19(29)28-16(2-3-24-28)12-8-13(20)10-14(21)9-12/h3,8-11,16H,2,4-7H2,1H3/t16-/m0/s1. The fourth-order valence-electron chi connectivity index (χ4n) is 3.52. The lowest BCUT2D eigenvalue weighted by molar-refractivity contribution is 0.139. The molecule has 0 saturated carbocycles. The zero-order valence-electron chi connectivity index (χ0n) is 16.1. The minimum Gasteiger partial charge on any atom is -0.479 e. The highest BCUT2D eigenvalue weighted by Crippen LogP contribution is 2.30. The van der Waals surface area contributed by atoms with Crippen LogP contribution in [0.5, 0.6) is 5.88 Å². The molecule has 2 aliphatic rings. The summed E-state index contributed by atoms with van der Waals surface area (Å²) in [5.74, 6) is -1.88. The van der Waals surface area contributed by atoms with Gasteiger partial charge in [0.05, 0.1) is 19.3 Å². The molecule has 0 radical (unpaired) electrons.